The van der Waals surface area contributed by atoms with Crippen LogP contribution in [0.5, 0.6) is 0 Å². The Morgan fingerprint density at radius 1 is 0.519 bits per heavy atom. The molecule has 0 bridgehead atoms. The van der Waals surface area contributed by atoms with E-state index >= 15 is 0 Å². The Kier molecular flexibility index (Phi) is 26.2. The molecule has 0 unspecified atom stereocenters. The summed E-state index contributed by atoms with van der Waals surface area (Å²) in [7, 11) is -4.64. The van der Waals surface area contributed by atoms with Crippen molar-refractivity contribution in [1.29, 1.82) is 0 Å². The normalized spacial score (nSPS) is 8.41. The number of carboxylic acids is 6. The predicted octanol–water partition coefficient (Wildman–Crippen LogP) is -5.17. The fourth-order valence-electron chi connectivity index (χ4n) is 0.388. The number of carbonyl (C=O) groups is 6. The Bertz CT molecular complexity index is 450. The SMILES string of the molecule is O=C(O)CC(=O)O.O=C(O)CC(=O)O.O=C(O)CC(=O)O.O=P(O)(O)O.[H-].[Li+]. The fourth-order valence-corrected chi connectivity index (χ4v) is 0.388. The summed E-state index contributed by atoms with van der Waals surface area (Å²) in [5.41, 5.74) is 0. The van der Waals surface area contributed by atoms with E-state index in [1.807, 2.05) is 0 Å². The first kappa shape index (κ1) is 35.6. The number of hydrogen-bond acceptors (Lipinski definition) is 7. The average Bonchev–Trinajstić information content (AvgIpc) is 2.20. The van der Waals surface area contributed by atoms with Crippen LogP contribution in [0.2, 0.25) is 0 Å². The second-order valence-corrected chi connectivity index (χ2v) is 4.43. The number of phosphoric acid groups is 1. The zero-order chi connectivity index (χ0) is 22.1. The van der Waals surface area contributed by atoms with E-state index < -0.39 is 62.9 Å². The van der Waals surface area contributed by atoms with Crippen LogP contribution in [0.4, 0.5) is 0 Å². The Morgan fingerprint density at radius 3 is 0.593 bits per heavy atom. The van der Waals surface area contributed by atoms with Gasteiger partial charge >= 0.3 is 62.5 Å². The van der Waals surface area contributed by atoms with Gasteiger partial charge in [0.1, 0.15) is 19.3 Å². The van der Waals surface area contributed by atoms with Crippen molar-refractivity contribution < 1.29 is 98.9 Å². The van der Waals surface area contributed by atoms with Crippen molar-refractivity contribution in [2.24, 2.45) is 0 Å². The van der Waals surface area contributed by atoms with E-state index in [1.165, 1.54) is 0 Å². The van der Waals surface area contributed by atoms with E-state index in [-0.39, 0.29) is 20.3 Å². The summed E-state index contributed by atoms with van der Waals surface area (Å²) in [6, 6.07) is 0. The Morgan fingerprint density at radius 2 is 0.593 bits per heavy atom. The molecule has 0 aromatic heterocycles. The van der Waals surface area contributed by atoms with Crippen molar-refractivity contribution in [2.45, 2.75) is 19.3 Å². The van der Waals surface area contributed by atoms with Crippen molar-refractivity contribution in [2.75, 3.05) is 0 Å². The standard InChI is InChI=1S/3C3H4O4.Li.H3O4P.H/c3*4-2(5)1-3(6)7;;1-5(2,3)4;/h3*1H2,(H,4,5)(H,6,7);;(H3,1,2,3,4);/q;;;+1;;-1. The van der Waals surface area contributed by atoms with Crippen LogP contribution in [0.25, 0.3) is 0 Å². The fraction of sp³-hybridized carbons (Fsp3) is 0.333. The van der Waals surface area contributed by atoms with Crippen molar-refractivity contribution >= 4 is 43.6 Å². The van der Waals surface area contributed by atoms with Crippen LogP contribution in [-0.4, -0.2) is 81.1 Å². The molecule has 0 amide bonds. The van der Waals surface area contributed by atoms with Gasteiger partial charge in [-0.05, 0) is 0 Å². The van der Waals surface area contributed by atoms with Gasteiger partial charge in [0, 0.05) is 0 Å². The van der Waals surface area contributed by atoms with Gasteiger partial charge in [-0.3, -0.25) is 28.8 Å². The molecular weight excluding hydrogens is 402 g/mol. The maximum absolute atomic E-state index is 9.43. The van der Waals surface area contributed by atoms with E-state index in [9.17, 15) is 28.8 Å². The smallest absolute Gasteiger partial charge is 1.00 e. The summed E-state index contributed by atoms with van der Waals surface area (Å²) >= 11 is 0. The van der Waals surface area contributed by atoms with E-state index in [0.29, 0.717) is 0 Å². The zero-order valence-electron chi connectivity index (χ0n) is 14.5. The molecule has 0 saturated carbocycles. The summed E-state index contributed by atoms with van der Waals surface area (Å²) in [6.07, 6.45) is -2.42. The molecule has 0 radical (unpaired) electrons. The third kappa shape index (κ3) is 120. The van der Waals surface area contributed by atoms with Gasteiger partial charge in [-0.2, -0.15) is 0 Å². The molecule has 16 nitrogen and oxygen atoms in total. The maximum Gasteiger partial charge on any atom is 1.00 e. The summed E-state index contributed by atoms with van der Waals surface area (Å²) in [5, 5.41) is 46.2. The minimum atomic E-state index is -4.64. The van der Waals surface area contributed by atoms with Crippen LogP contribution in [0.1, 0.15) is 20.7 Å². The predicted molar refractivity (Wildman–Crippen MR) is 75.0 cm³/mol. The first-order chi connectivity index (χ1) is 11.4. The van der Waals surface area contributed by atoms with Gasteiger partial charge in [-0.15, -0.1) is 0 Å². The number of hydrogen-bond donors (Lipinski definition) is 9. The molecule has 27 heavy (non-hydrogen) atoms. The molecule has 0 aliphatic heterocycles. The topological polar surface area (TPSA) is 302 Å². The van der Waals surface area contributed by atoms with Crippen LogP contribution in [0.15, 0.2) is 0 Å². The van der Waals surface area contributed by atoms with E-state index in [4.69, 9.17) is 49.9 Å². The van der Waals surface area contributed by atoms with Crippen LogP contribution < -0.4 is 18.9 Å². The van der Waals surface area contributed by atoms with Gasteiger partial charge in [0.05, 0.1) is 0 Å². The van der Waals surface area contributed by atoms with Gasteiger partial charge in [0.2, 0.25) is 0 Å². The molecule has 9 N–H and O–H groups in total. The molecule has 0 heterocycles. The van der Waals surface area contributed by atoms with Crippen molar-refractivity contribution in [3.8, 4) is 0 Å². The summed E-state index contributed by atoms with van der Waals surface area (Å²) < 4.78 is 8.88. The first-order valence-electron chi connectivity index (χ1n) is 5.47. The average molecular weight is 418 g/mol. The molecule has 0 spiro atoms. The molecule has 0 saturated heterocycles. The van der Waals surface area contributed by atoms with Crippen molar-refractivity contribution in [3.63, 3.8) is 0 Å². The van der Waals surface area contributed by atoms with Gasteiger partial charge in [-0.25, -0.2) is 4.57 Å². The molecule has 0 aliphatic carbocycles. The van der Waals surface area contributed by atoms with Crippen LogP contribution in [0.3, 0.4) is 0 Å². The van der Waals surface area contributed by atoms with E-state index in [1.54, 1.807) is 0 Å². The van der Waals surface area contributed by atoms with Gasteiger partial charge in [0.25, 0.3) is 0 Å². The van der Waals surface area contributed by atoms with Crippen LogP contribution >= 0.6 is 7.82 Å². The van der Waals surface area contributed by atoms with Gasteiger partial charge < -0.3 is 46.7 Å². The number of carboxylic acid groups (broad SMARTS) is 6. The molecule has 154 valence electrons. The molecule has 18 heteroatoms. The Balaban J connectivity index is -0.0000000567. The third-order valence-electron chi connectivity index (χ3n) is 0.907. The molecular formula is C9H16LiO16P. The largest absolute Gasteiger partial charge is 1.00 e. The monoisotopic (exact) mass is 418 g/mol. The molecule has 0 atom stereocenters. The van der Waals surface area contributed by atoms with Crippen molar-refractivity contribution in [3.05, 3.63) is 0 Å². The molecule has 0 rings (SSSR count). The van der Waals surface area contributed by atoms with Gasteiger partial charge in [0.15, 0.2) is 0 Å². The Labute approximate surface area is 162 Å². The van der Waals surface area contributed by atoms with Crippen LogP contribution in [0, 0.1) is 0 Å². The van der Waals surface area contributed by atoms with E-state index in [2.05, 4.69) is 0 Å². The second-order valence-electron chi connectivity index (χ2n) is 3.41. The first-order valence-corrected chi connectivity index (χ1v) is 7.04. The number of aliphatic carboxylic acids is 6. The minimum Gasteiger partial charge on any atom is -1.00 e. The van der Waals surface area contributed by atoms with E-state index in [0.717, 1.165) is 0 Å². The van der Waals surface area contributed by atoms with Crippen LogP contribution in [-0.2, 0) is 33.3 Å². The molecule has 0 aromatic rings. The minimum absolute atomic E-state index is 0. The van der Waals surface area contributed by atoms with Crippen molar-refractivity contribution in [1.82, 2.24) is 0 Å². The molecule has 0 aromatic carbocycles. The van der Waals surface area contributed by atoms with Gasteiger partial charge in [-0.1, -0.05) is 0 Å². The quantitative estimate of drug-likeness (QED) is 0.111. The third-order valence-corrected chi connectivity index (χ3v) is 0.907. The second kappa shape index (κ2) is 19.8. The summed E-state index contributed by atoms with van der Waals surface area (Å²) in [6.45, 7) is 0. The summed E-state index contributed by atoms with van der Waals surface area (Å²) in [4.78, 5) is 78.1. The Hall–Kier alpha value is -2.47. The molecule has 0 fully saturated rings. The molecule has 0 aliphatic rings. The summed E-state index contributed by atoms with van der Waals surface area (Å²) in [5.74, 6) is -7.88. The maximum atomic E-state index is 9.43. The number of rotatable bonds is 6. The zero-order valence-corrected chi connectivity index (χ0v) is 14.3.